The predicted molar refractivity (Wildman–Crippen MR) is 156 cm³/mol. The molecule has 7 nitrogen and oxygen atoms in total. The zero-order valence-electron chi connectivity index (χ0n) is 25.5. The second-order valence-electron chi connectivity index (χ2n) is 11.9. The number of rotatable bonds is 27. The Bertz CT molecular complexity index is 632. The molecule has 0 aliphatic heterocycles. The molecular weight excluding hydrogens is 494 g/mol. The first-order chi connectivity index (χ1) is 18.5. The van der Waals surface area contributed by atoms with Crippen molar-refractivity contribution in [2.75, 3.05) is 26.2 Å². The topological polar surface area (TPSA) is 115 Å². The van der Waals surface area contributed by atoms with E-state index in [1.807, 2.05) is 0 Å². The molecule has 0 bridgehead atoms. The van der Waals surface area contributed by atoms with Crippen molar-refractivity contribution in [3.63, 3.8) is 0 Å². The summed E-state index contributed by atoms with van der Waals surface area (Å²) in [7, 11) is 0. The highest BCUT2D eigenvalue weighted by Crippen LogP contribution is 2.21. The molecule has 228 valence electrons. The van der Waals surface area contributed by atoms with Crippen LogP contribution in [0.5, 0.6) is 0 Å². The molecule has 0 aromatic heterocycles. The summed E-state index contributed by atoms with van der Waals surface area (Å²) < 4.78 is 0.571. The molecule has 0 saturated heterocycles. The van der Waals surface area contributed by atoms with Crippen LogP contribution in [0.25, 0.3) is 0 Å². The zero-order valence-corrected chi connectivity index (χ0v) is 25.5. The Morgan fingerprint density at radius 3 is 1.41 bits per heavy atom. The van der Waals surface area contributed by atoms with Crippen LogP contribution in [0, 0.1) is 17.8 Å². The molecule has 0 saturated carbocycles. The highest BCUT2D eigenvalue weighted by atomic mass is 16.4. The first-order valence-corrected chi connectivity index (χ1v) is 15.7. The molecule has 0 aliphatic carbocycles. The third-order valence-corrected chi connectivity index (χ3v) is 8.25. The minimum atomic E-state index is -1.08. The number of carboxylic acids is 3. The highest BCUT2D eigenvalue weighted by Gasteiger charge is 2.30. The van der Waals surface area contributed by atoms with Gasteiger partial charge in [0, 0.05) is 31.1 Å². The Kier molecular flexibility index (Phi) is 21.8. The maximum atomic E-state index is 11.5. The second kappa shape index (κ2) is 22.9. The zero-order chi connectivity index (χ0) is 29.5. The fourth-order valence-corrected chi connectivity index (χ4v) is 4.96. The van der Waals surface area contributed by atoms with Gasteiger partial charge in [0.2, 0.25) is 0 Å². The SMILES string of the molecule is CCCCCCCCCC/C=C/CCCCC[N+](CCC(C)C(=O)[O-])(CCC(C)C(=O)O)CCC(C)C(=O)O. The van der Waals surface area contributed by atoms with E-state index in [9.17, 15) is 29.7 Å². The van der Waals surface area contributed by atoms with Crippen LogP contribution in [0.1, 0.15) is 130 Å². The van der Waals surface area contributed by atoms with Crippen LogP contribution in [-0.2, 0) is 14.4 Å². The van der Waals surface area contributed by atoms with Crippen LogP contribution in [0.15, 0.2) is 12.2 Å². The van der Waals surface area contributed by atoms with Gasteiger partial charge in [0.1, 0.15) is 0 Å². The average molecular weight is 554 g/mol. The Labute approximate surface area is 238 Å². The summed E-state index contributed by atoms with van der Waals surface area (Å²) in [5, 5.41) is 30.2. The van der Waals surface area contributed by atoms with Gasteiger partial charge >= 0.3 is 11.9 Å². The van der Waals surface area contributed by atoms with Crippen LogP contribution in [-0.4, -0.2) is 58.8 Å². The number of hydrogen-bond donors (Lipinski definition) is 2. The van der Waals surface area contributed by atoms with Crippen molar-refractivity contribution in [1.82, 2.24) is 0 Å². The van der Waals surface area contributed by atoms with Crippen LogP contribution in [0.4, 0.5) is 0 Å². The van der Waals surface area contributed by atoms with Crippen molar-refractivity contribution in [2.24, 2.45) is 17.8 Å². The van der Waals surface area contributed by atoms with Gasteiger partial charge in [-0.1, -0.05) is 84.8 Å². The molecule has 0 spiro atoms. The number of aliphatic carboxylic acids is 3. The minimum Gasteiger partial charge on any atom is -0.550 e. The number of unbranched alkanes of at least 4 members (excludes halogenated alkanes) is 11. The summed E-state index contributed by atoms with van der Waals surface area (Å²) in [6.45, 7) is 9.90. The van der Waals surface area contributed by atoms with E-state index in [4.69, 9.17) is 0 Å². The summed E-state index contributed by atoms with van der Waals surface area (Å²) in [5.41, 5.74) is 0. The Morgan fingerprint density at radius 2 is 1.00 bits per heavy atom. The number of carbonyl (C=O) groups is 3. The van der Waals surface area contributed by atoms with E-state index in [1.165, 1.54) is 51.4 Å². The van der Waals surface area contributed by atoms with Gasteiger partial charge in [0.15, 0.2) is 0 Å². The molecule has 0 aromatic rings. The van der Waals surface area contributed by atoms with E-state index >= 15 is 0 Å². The van der Waals surface area contributed by atoms with Crippen molar-refractivity contribution >= 4 is 17.9 Å². The van der Waals surface area contributed by atoms with Crippen LogP contribution in [0.2, 0.25) is 0 Å². The summed E-state index contributed by atoms with van der Waals surface area (Å²) >= 11 is 0. The van der Waals surface area contributed by atoms with Gasteiger partial charge in [0.05, 0.1) is 38.0 Å². The van der Waals surface area contributed by atoms with Gasteiger partial charge in [-0.2, -0.15) is 0 Å². The number of nitrogens with zero attached hydrogens (tertiary/aromatic N) is 1. The molecular formula is C32H59NO6. The molecule has 0 amide bonds. The van der Waals surface area contributed by atoms with Gasteiger partial charge in [-0.25, -0.2) is 0 Å². The number of carboxylic acid groups (broad SMARTS) is 3. The molecule has 0 heterocycles. The molecule has 2 N–H and O–H groups in total. The molecule has 0 radical (unpaired) electrons. The van der Waals surface area contributed by atoms with Crippen LogP contribution >= 0.6 is 0 Å². The van der Waals surface area contributed by atoms with E-state index in [1.54, 1.807) is 20.8 Å². The van der Waals surface area contributed by atoms with E-state index in [0.717, 1.165) is 38.6 Å². The summed E-state index contributed by atoms with van der Waals surface area (Å²) in [4.78, 5) is 34.3. The first kappa shape index (κ1) is 37.1. The monoisotopic (exact) mass is 553 g/mol. The molecule has 0 aliphatic rings. The highest BCUT2D eigenvalue weighted by molar-refractivity contribution is 5.69. The smallest absolute Gasteiger partial charge is 0.306 e. The quantitative estimate of drug-likeness (QED) is 0.0686. The van der Waals surface area contributed by atoms with Gasteiger partial charge in [-0.15, -0.1) is 0 Å². The maximum Gasteiger partial charge on any atom is 0.306 e. The molecule has 7 heteroatoms. The predicted octanol–water partition coefficient (Wildman–Crippen LogP) is 6.45. The molecule has 0 fully saturated rings. The van der Waals surface area contributed by atoms with E-state index in [2.05, 4.69) is 19.1 Å². The Hall–Kier alpha value is -1.89. The van der Waals surface area contributed by atoms with E-state index in [-0.39, 0.29) is 0 Å². The van der Waals surface area contributed by atoms with E-state index in [0.29, 0.717) is 43.4 Å². The van der Waals surface area contributed by atoms with Gasteiger partial charge < -0.3 is 24.6 Å². The third kappa shape index (κ3) is 19.8. The summed E-state index contributed by atoms with van der Waals surface area (Å²) in [6, 6.07) is 0. The van der Waals surface area contributed by atoms with Crippen molar-refractivity contribution in [2.45, 2.75) is 130 Å². The number of carbonyl (C=O) groups excluding carboxylic acids is 1. The largest absolute Gasteiger partial charge is 0.550 e. The normalized spacial score (nSPS) is 15.6. The van der Waals surface area contributed by atoms with Crippen molar-refractivity contribution < 1.29 is 34.2 Å². The standard InChI is InChI=1S/C32H59NO6/c1-5-6-7-8-9-10-11-12-13-14-15-16-17-18-19-23-33(24-20-27(2)30(34)35,25-21-28(3)31(36)37)26-22-29(4)32(38)39/h14-15,27-29H,5-13,16-26H2,1-4H3,(H2-,34,35,36,37,38,39)/b15-14+. The summed E-state index contributed by atoms with van der Waals surface area (Å²) in [6.07, 6.45) is 22.0. The molecule has 0 rings (SSSR count). The fraction of sp³-hybridized carbons (Fsp3) is 0.844. The molecule has 3 atom stereocenters. The Balaban J connectivity index is 4.77. The van der Waals surface area contributed by atoms with Crippen molar-refractivity contribution in [3.05, 3.63) is 12.2 Å². The van der Waals surface area contributed by atoms with Crippen LogP contribution in [0.3, 0.4) is 0 Å². The Morgan fingerprint density at radius 1 is 0.615 bits per heavy atom. The molecule has 3 unspecified atom stereocenters. The van der Waals surface area contributed by atoms with Crippen molar-refractivity contribution in [3.8, 4) is 0 Å². The van der Waals surface area contributed by atoms with Gasteiger partial charge in [-0.3, -0.25) is 9.59 Å². The van der Waals surface area contributed by atoms with Gasteiger partial charge in [-0.05, 0) is 38.5 Å². The maximum absolute atomic E-state index is 11.5. The molecule has 39 heavy (non-hydrogen) atoms. The lowest BCUT2D eigenvalue weighted by molar-refractivity contribution is -0.929. The van der Waals surface area contributed by atoms with Crippen molar-refractivity contribution in [1.29, 1.82) is 0 Å². The second-order valence-corrected chi connectivity index (χ2v) is 11.9. The molecule has 0 aromatic carbocycles. The van der Waals surface area contributed by atoms with E-state index < -0.39 is 35.7 Å². The lowest BCUT2D eigenvalue weighted by Crippen LogP contribution is -2.52. The number of hydrogen-bond acceptors (Lipinski definition) is 4. The average Bonchev–Trinajstić information content (AvgIpc) is 2.90. The minimum absolute atomic E-state index is 0.437. The number of quaternary nitrogens is 1. The third-order valence-electron chi connectivity index (χ3n) is 8.25. The first-order valence-electron chi connectivity index (χ1n) is 15.7. The summed E-state index contributed by atoms with van der Waals surface area (Å²) in [5.74, 6) is -4.34. The lowest BCUT2D eigenvalue weighted by atomic mass is 10.0. The van der Waals surface area contributed by atoms with Crippen LogP contribution < -0.4 is 5.11 Å². The van der Waals surface area contributed by atoms with Gasteiger partial charge in [0.25, 0.3) is 0 Å². The lowest BCUT2D eigenvalue weighted by Gasteiger charge is -2.41. The number of allylic oxidation sites excluding steroid dienone is 2. The fourth-order valence-electron chi connectivity index (χ4n) is 4.96.